The van der Waals surface area contributed by atoms with Crippen molar-refractivity contribution >= 4 is 23.6 Å². The lowest BCUT2D eigenvalue weighted by molar-refractivity contribution is -0.125. The topological polar surface area (TPSA) is 40.5 Å². The van der Waals surface area contributed by atoms with Crippen LogP contribution in [0.15, 0.2) is 30.3 Å². The number of rotatable bonds is 2. The molecule has 1 atom stereocenters. The van der Waals surface area contributed by atoms with Crippen LogP contribution in [0, 0.1) is 0 Å². The van der Waals surface area contributed by atoms with Gasteiger partial charge >= 0.3 is 0 Å². The number of nitrogens with zero attached hydrogens (tertiary/aromatic N) is 1. The number of likely N-dealkylation sites (tertiary alicyclic amines) is 1. The maximum atomic E-state index is 11.9. The summed E-state index contributed by atoms with van der Waals surface area (Å²) in [5.41, 5.74) is 0.140. The molecule has 0 spiro atoms. The molecule has 1 aromatic carbocycles. The smallest absolute Gasteiger partial charge is 0.246 e. The Hall–Kier alpha value is -1.32. The van der Waals surface area contributed by atoms with E-state index in [1.807, 2.05) is 12.1 Å². The lowest BCUT2D eigenvalue weighted by Crippen LogP contribution is -2.32. The Kier molecular flexibility index (Phi) is 3.73. The number of benzene rings is 1. The first-order valence-corrected chi connectivity index (χ1v) is 6.29. The van der Waals surface area contributed by atoms with Gasteiger partial charge in [-0.15, -0.1) is 0 Å². The van der Waals surface area contributed by atoms with Gasteiger partial charge in [-0.05, 0) is 37.1 Å². The molecule has 1 unspecified atom stereocenters. The van der Waals surface area contributed by atoms with Crippen LogP contribution in [0.25, 0.3) is 6.08 Å². The van der Waals surface area contributed by atoms with Crippen molar-refractivity contribution in [2.45, 2.75) is 18.9 Å². The van der Waals surface area contributed by atoms with Gasteiger partial charge in [0.25, 0.3) is 0 Å². The van der Waals surface area contributed by atoms with Crippen molar-refractivity contribution in [1.82, 2.24) is 4.90 Å². The summed E-state index contributed by atoms with van der Waals surface area (Å²) < 4.78 is 0. The second-order valence-corrected chi connectivity index (χ2v) is 5.33. The second-order valence-electron chi connectivity index (χ2n) is 4.90. The zero-order chi connectivity index (χ0) is 13.2. The molecule has 4 heteroatoms. The highest BCUT2D eigenvalue weighted by molar-refractivity contribution is 6.30. The highest BCUT2D eigenvalue weighted by Gasteiger charge is 2.32. The fraction of sp³-hybridized carbons (Fsp3) is 0.357. The normalized spacial score (nSPS) is 23.8. The van der Waals surface area contributed by atoms with Crippen molar-refractivity contribution in [1.29, 1.82) is 0 Å². The molecule has 3 nitrogen and oxygen atoms in total. The van der Waals surface area contributed by atoms with Crippen LogP contribution in [0.2, 0.25) is 5.02 Å². The van der Waals surface area contributed by atoms with Gasteiger partial charge in [-0.25, -0.2) is 0 Å². The van der Waals surface area contributed by atoms with Crippen LogP contribution >= 0.6 is 11.6 Å². The number of carbonyl (C=O) groups is 1. The van der Waals surface area contributed by atoms with Crippen LogP contribution in [0.5, 0.6) is 0 Å². The highest BCUT2D eigenvalue weighted by Crippen LogP contribution is 2.20. The summed E-state index contributed by atoms with van der Waals surface area (Å²) in [5, 5.41) is 10.4. The summed E-state index contributed by atoms with van der Waals surface area (Å²) in [6.45, 7) is 2.75. The van der Waals surface area contributed by atoms with Gasteiger partial charge in [-0.2, -0.15) is 0 Å². The Morgan fingerprint density at radius 1 is 1.56 bits per heavy atom. The molecule has 0 radical (unpaired) electrons. The monoisotopic (exact) mass is 265 g/mol. The van der Waals surface area contributed by atoms with Gasteiger partial charge < -0.3 is 10.0 Å². The molecule has 1 fully saturated rings. The van der Waals surface area contributed by atoms with E-state index in [1.54, 1.807) is 30.0 Å². The first-order chi connectivity index (χ1) is 8.46. The summed E-state index contributed by atoms with van der Waals surface area (Å²) in [6.07, 6.45) is 3.89. The fourth-order valence-corrected chi connectivity index (χ4v) is 2.22. The average molecular weight is 266 g/mol. The van der Waals surface area contributed by atoms with Gasteiger partial charge in [-0.3, -0.25) is 4.79 Å². The molecule has 0 bridgehead atoms. The molecule has 0 aliphatic carbocycles. The molecule has 1 aromatic rings. The maximum Gasteiger partial charge on any atom is 0.246 e. The molecule has 1 aliphatic heterocycles. The number of β-amino-alcohol motifs (C(OH)–C–C–N with tert-alkyl or cyclic N) is 1. The van der Waals surface area contributed by atoms with Crippen LogP contribution in [-0.4, -0.2) is 34.6 Å². The first-order valence-electron chi connectivity index (χ1n) is 5.91. The van der Waals surface area contributed by atoms with E-state index in [2.05, 4.69) is 0 Å². The van der Waals surface area contributed by atoms with E-state index >= 15 is 0 Å². The number of hydrogen-bond acceptors (Lipinski definition) is 2. The molecule has 96 valence electrons. The molecule has 2 rings (SSSR count). The van der Waals surface area contributed by atoms with E-state index in [1.165, 1.54) is 6.08 Å². The standard InChI is InChI=1S/C14H16ClNO2/c1-14(18)7-8-16(10-14)13(17)6-5-11-3-2-4-12(15)9-11/h2-6,9,18H,7-8,10H2,1H3/b6-5+. The van der Waals surface area contributed by atoms with E-state index in [4.69, 9.17) is 11.6 Å². The SMILES string of the molecule is CC1(O)CCN(C(=O)/C=C/c2cccc(Cl)c2)C1. The first kappa shape index (κ1) is 13.1. The van der Waals surface area contributed by atoms with Gasteiger partial charge in [-0.1, -0.05) is 23.7 Å². The predicted octanol–water partition coefficient (Wildman–Crippen LogP) is 2.34. The Morgan fingerprint density at radius 3 is 2.94 bits per heavy atom. The summed E-state index contributed by atoms with van der Waals surface area (Å²) in [7, 11) is 0. The van der Waals surface area contributed by atoms with Crippen molar-refractivity contribution in [3.63, 3.8) is 0 Å². The molecule has 1 N–H and O–H groups in total. The molecule has 0 saturated carbocycles. The number of halogens is 1. The minimum Gasteiger partial charge on any atom is -0.388 e. The van der Waals surface area contributed by atoms with Crippen LogP contribution < -0.4 is 0 Å². The minimum absolute atomic E-state index is 0.0762. The number of hydrogen-bond donors (Lipinski definition) is 1. The zero-order valence-corrected chi connectivity index (χ0v) is 11.0. The van der Waals surface area contributed by atoms with Crippen molar-refractivity contribution in [3.8, 4) is 0 Å². The third kappa shape index (κ3) is 3.34. The van der Waals surface area contributed by atoms with Gasteiger partial charge in [0.15, 0.2) is 0 Å². The third-order valence-corrected chi connectivity index (χ3v) is 3.27. The molecule has 0 aromatic heterocycles. The van der Waals surface area contributed by atoms with Crippen molar-refractivity contribution in [3.05, 3.63) is 40.9 Å². The quantitative estimate of drug-likeness (QED) is 0.834. The van der Waals surface area contributed by atoms with Crippen LogP contribution in [0.3, 0.4) is 0 Å². The number of carbonyl (C=O) groups excluding carboxylic acids is 1. The minimum atomic E-state index is -0.750. The maximum absolute atomic E-state index is 11.9. The van der Waals surface area contributed by atoms with Crippen LogP contribution in [0.1, 0.15) is 18.9 Å². The number of aliphatic hydroxyl groups is 1. The van der Waals surface area contributed by atoms with Gasteiger partial charge in [0, 0.05) is 24.2 Å². The average Bonchev–Trinajstić information content (AvgIpc) is 2.67. The van der Waals surface area contributed by atoms with Crippen LogP contribution in [0.4, 0.5) is 0 Å². The Balaban J connectivity index is 2.00. The van der Waals surface area contributed by atoms with E-state index in [0.717, 1.165) is 5.56 Å². The van der Waals surface area contributed by atoms with Crippen LogP contribution in [-0.2, 0) is 4.79 Å². The molecule has 1 amide bonds. The summed E-state index contributed by atoms with van der Waals surface area (Å²) in [5.74, 6) is -0.0762. The van der Waals surface area contributed by atoms with E-state index in [-0.39, 0.29) is 5.91 Å². The molecule has 1 heterocycles. The largest absolute Gasteiger partial charge is 0.388 e. The van der Waals surface area contributed by atoms with Gasteiger partial charge in [0.05, 0.1) is 5.60 Å². The second kappa shape index (κ2) is 5.12. The van der Waals surface area contributed by atoms with Gasteiger partial charge in [0.2, 0.25) is 5.91 Å². The Morgan fingerprint density at radius 2 is 2.33 bits per heavy atom. The zero-order valence-electron chi connectivity index (χ0n) is 10.3. The van der Waals surface area contributed by atoms with E-state index < -0.39 is 5.60 Å². The fourth-order valence-electron chi connectivity index (χ4n) is 2.02. The number of amides is 1. The van der Waals surface area contributed by atoms with Crippen molar-refractivity contribution in [2.75, 3.05) is 13.1 Å². The van der Waals surface area contributed by atoms with E-state index in [0.29, 0.717) is 24.5 Å². The predicted molar refractivity (Wildman–Crippen MR) is 72.3 cm³/mol. The highest BCUT2D eigenvalue weighted by atomic mass is 35.5. The summed E-state index contributed by atoms with van der Waals surface area (Å²) in [6, 6.07) is 7.31. The molecular formula is C14H16ClNO2. The summed E-state index contributed by atoms with van der Waals surface area (Å²) in [4.78, 5) is 13.5. The lowest BCUT2D eigenvalue weighted by Gasteiger charge is -2.17. The Labute approximate surface area is 112 Å². The third-order valence-electron chi connectivity index (χ3n) is 3.03. The molecule has 1 saturated heterocycles. The Bertz CT molecular complexity index is 482. The summed E-state index contributed by atoms with van der Waals surface area (Å²) >= 11 is 5.86. The van der Waals surface area contributed by atoms with E-state index in [9.17, 15) is 9.90 Å². The van der Waals surface area contributed by atoms with Crippen molar-refractivity contribution in [2.24, 2.45) is 0 Å². The van der Waals surface area contributed by atoms with Gasteiger partial charge in [0.1, 0.15) is 0 Å². The molecular weight excluding hydrogens is 250 g/mol. The molecule has 18 heavy (non-hydrogen) atoms. The van der Waals surface area contributed by atoms with Crippen molar-refractivity contribution < 1.29 is 9.90 Å². The molecule has 1 aliphatic rings. The lowest BCUT2D eigenvalue weighted by atomic mass is 10.1.